The first-order valence-electron chi connectivity index (χ1n) is 2.04. The molecule has 4 nitrogen and oxygen atoms in total. The number of rotatable bonds is 2. The second kappa shape index (κ2) is 16.6. The molecule has 0 radical (unpaired) electrons. The molecular weight excluding hydrogens is 201 g/mol. The minimum absolute atomic E-state index is 0. The Balaban J connectivity index is -0.0000000564. The Labute approximate surface area is 97.7 Å². The number of carbonyl (C=O) groups excluding carboxylic acids is 2. The minimum Gasteiger partial charge on any atom is -0.550 e. The van der Waals surface area contributed by atoms with Crippen LogP contribution >= 0.6 is 0 Å². The summed E-state index contributed by atoms with van der Waals surface area (Å²) in [6.45, 7) is 5.95. The van der Waals surface area contributed by atoms with Gasteiger partial charge in [0.05, 0.1) is 0 Å². The van der Waals surface area contributed by atoms with E-state index in [0.717, 1.165) is 0 Å². The van der Waals surface area contributed by atoms with Crippen LogP contribution in [-0.2, 0) is 26.7 Å². The van der Waals surface area contributed by atoms with Crippen molar-refractivity contribution in [3.05, 3.63) is 6.57 Å². The quantitative estimate of drug-likeness (QED) is 0.260. The molecule has 0 atom stereocenters. The first-order valence-corrected chi connectivity index (χ1v) is 2.04. The first-order chi connectivity index (χ1) is 4.13. The number of aliphatic carboxylic acids is 1. The molecule has 0 amide bonds. The van der Waals surface area contributed by atoms with Crippen LogP contribution in [0.4, 0.5) is 0 Å². The Morgan fingerprint density at radius 1 is 1.45 bits per heavy atom. The van der Waals surface area contributed by atoms with Gasteiger partial charge in [0.25, 0.3) is 0 Å². The molecule has 58 valence electrons. The molecule has 0 heterocycles. The van der Waals surface area contributed by atoms with Gasteiger partial charge < -0.3 is 21.7 Å². The molecule has 0 rings (SSSR count). The summed E-state index contributed by atoms with van der Waals surface area (Å²) in [7, 11) is 0. The van der Waals surface area contributed by atoms with Crippen LogP contribution in [-0.4, -0.2) is 11.8 Å². The van der Waals surface area contributed by atoms with Crippen LogP contribution < -0.4 is 34.7 Å². The van der Waals surface area contributed by atoms with E-state index < -0.39 is 12.4 Å². The van der Waals surface area contributed by atoms with Crippen LogP contribution in [0.5, 0.6) is 0 Å². The third kappa shape index (κ3) is 39.1. The van der Waals surface area contributed by atoms with E-state index in [1.807, 2.05) is 0 Å². The number of carboxylic acids is 1. The van der Waals surface area contributed by atoms with Crippen molar-refractivity contribution in [2.24, 2.45) is 0 Å². The number of carboxylic acid groups (broad SMARTS) is 1. The van der Waals surface area contributed by atoms with E-state index in [2.05, 4.69) is 0 Å². The van der Waals surface area contributed by atoms with Crippen LogP contribution in [0.15, 0.2) is 0 Å². The maximum Gasteiger partial charge on any atom is 1.00 e. The molecule has 0 bridgehead atoms. The van der Waals surface area contributed by atoms with Crippen LogP contribution in [0, 0.1) is 11.8 Å². The van der Waals surface area contributed by atoms with Crippen molar-refractivity contribution in [1.82, 2.24) is 0 Å². The molecule has 0 N–H and O–H groups in total. The van der Waals surface area contributed by atoms with Gasteiger partial charge in [-0.15, -0.1) is 0 Å². The smallest absolute Gasteiger partial charge is 0.550 e. The minimum atomic E-state index is -1.31. The van der Waals surface area contributed by atoms with Gasteiger partial charge in [-0.2, -0.15) is 0 Å². The van der Waals surface area contributed by atoms with Crippen molar-refractivity contribution >= 4 is 11.8 Å². The predicted octanol–water partition coefficient (Wildman–Crippen LogP) is -4.19. The van der Waals surface area contributed by atoms with Gasteiger partial charge in [-0.1, -0.05) is 0 Å². The molecule has 0 aromatic carbocycles. The van der Waals surface area contributed by atoms with Crippen molar-refractivity contribution in [1.29, 1.82) is 5.26 Å². The average molecular weight is 206 g/mol. The van der Waals surface area contributed by atoms with Gasteiger partial charge >= 0.3 is 29.6 Å². The fourth-order valence-electron chi connectivity index (χ4n) is 0.203. The van der Waals surface area contributed by atoms with Crippen molar-refractivity contribution in [3.63, 3.8) is 0 Å². The largest absolute Gasteiger partial charge is 1.00 e. The van der Waals surface area contributed by atoms with Crippen molar-refractivity contribution in [2.75, 3.05) is 0 Å². The molecule has 0 aliphatic rings. The third-order valence-electron chi connectivity index (χ3n) is 0.393. The van der Waals surface area contributed by atoms with Crippen LogP contribution in [0.3, 0.4) is 0 Å². The molecular formula is C5H5FeNNaO3-. The van der Waals surface area contributed by atoms with Crippen LogP contribution in [0.1, 0.15) is 13.3 Å². The third-order valence-corrected chi connectivity index (χ3v) is 0.393. The van der Waals surface area contributed by atoms with E-state index in [1.54, 1.807) is 0 Å². The molecule has 0 unspecified atom stereocenters. The van der Waals surface area contributed by atoms with E-state index in [4.69, 9.17) is 11.8 Å². The Kier molecular flexibility index (Phi) is 34.0. The Morgan fingerprint density at radius 3 is 1.73 bits per heavy atom. The zero-order valence-corrected chi connectivity index (χ0v) is 9.34. The molecule has 0 aromatic rings. The maximum atomic E-state index is 9.83. The SMILES string of the molecule is CC(=O)CC(=O)[O-].[C-]#N.[Fe].[Na+]. The van der Waals surface area contributed by atoms with Gasteiger partial charge in [0, 0.05) is 29.5 Å². The second-order valence-electron chi connectivity index (χ2n) is 1.25. The summed E-state index contributed by atoms with van der Waals surface area (Å²) in [5.74, 6) is -1.69. The Hall–Kier alpha value is 0.149. The van der Waals surface area contributed by atoms with Crippen LogP contribution in [0.2, 0.25) is 0 Å². The normalized spacial score (nSPS) is 5.36. The Morgan fingerprint density at radius 2 is 1.73 bits per heavy atom. The molecule has 0 aliphatic carbocycles. The molecule has 0 saturated heterocycles. The number of hydrogen-bond donors (Lipinski definition) is 0. The molecule has 0 fully saturated rings. The zero-order valence-electron chi connectivity index (χ0n) is 6.23. The van der Waals surface area contributed by atoms with Gasteiger partial charge in [0.15, 0.2) is 0 Å². The first kappa shape index (κ1) is 22.5. The molecule has 0 aromatic heterocycles. The predicted molar refractivity (Wildman–Crippen MR) is 25.3 cm³/mol. The van der Waals surface area contributed by atoms with E-state index in [1.165, 1.54) is 6.92 Å². The summed E-state index contributed by atoms with van der Waals surface area (Å²) in [4.78, 5) is 19.3. The average Bonchev–Trinajstić information content (AvgIpc) is 1.68. The van der Waals surface area contributed by atoms with E-state index >= 15 is 0 Å². The number of nitrogens with zero attached hydrogens (tertiary/aromatic N) is 1. The molecule has 6 heteroatoms. The number of hydrogen-bond acceptors (Lipinski definition) is 4. The second-order valence-corrected chi connectivity index (χ2v) is 1.25. The number of ketones is 1. The van der Waals surface area contributed by atoms with Crippen molar-refractivity contribution in [3.8, 4) is 0 Å². The summed E-state index contributed by atoms with van der Waals surface area (Å²) in [5, 5.41) is 15.7. The fraction of sp³-hybridized carbons (Fsp3) is 0.400. The van der Waals surface area contributed by atoms with Crippen molar-refractivity contribution < 1.29 is 61.3 Å². The summed E-state index contributed by atoms with van der Waals surface area (Å²) < 4.78 is 0. The zero-order chi connectivity index (χ0) is 7.86. The van der Waals surface area contributed by atoms with Gasteiger partial charge in [0.1, 0.15) is 5.78 Å². The van der Waals surface area contributed by atoms with Gasteiger partial charge in [-0.05, 0) is 6.92 Å². The summed E-state index contributed by atoms with van der Waals surface area (Å²) in [5.41, 5.74) is 0. The molecule has 0 saturated carbocycles. The fourth-order valence-corrected chi connectivity index (χ4v) is 0.203. The standard InChI is InChI=1S/C4H6O3.CN.Fe.Na/c1-3(5)2-4(6)7;1-2;;/h2H2,1H3,(H,6,7);;;/q;-1;;+1/p-1. The summed E-state index contributed by atoms with van der Waals surface area (Å²) in [6, 6.07) is 0. The molecule has 0 aliphatic heterocycles. The number of carbonyl (C=O) groups is 2. The summed E-state index contributed by atoms with van der Waals surface area (Å²) >= 11 is 0. The molecule has 11 heavy (non-hydrogen) atoms. The van der Waals surface area contributed by atoms with Gasteiger partial charge in [0.2, 0.25) is 0 Å². The maximum absolute atomic E-state index is 9.83. The van der Waals surface area contributed by atoms with Crippen LogP contribution in [0.25, 0.3) is 0 Å². The van der Waals surface area contributed by atoms with Gasteiger partial charge in [-0.3, -0.25) is 4.79 Å². The monoisotopic (exact) mass is 206 g/mol. The van der Waals surface area contributed by atoms with E-state index in [9.17, 15) is 14.7 Å². The van der Waals surface area contributed by atoms with Crippen molar-refractivity contribution in [2.45, 2.75) is 13.3 Å². The summed E-state index contributed by atoms with van der Waals surface area (Å²) in [6.07, 6.45) is -0.472. The van der Waals surface area contributed by atoms with E-state index in [0.29, 0.717) is 0 Å². The molecule has 0 spiro atoms. The van der Waals surface area contributed by atoms with Gasteiger partial charge in [-0.25, -0.2) is 0 Å². The number of Topliss-reactive ketones (excluding diaryl/α,β-unsaturated/α-hetero) is 1. The van der Waals surface area contributed by atoms with E-state index in [-0.39, 0.29) is 52.4 Å². The Bertz CT molecular complexity index is 125. The topological polar surface area (TPSA) is 81.0 Å².